The van der Waals surface area contributed by atoms with E-state index in [0.29, 0.717) is 36.8 Å². The number of amides is 1. The Morgan fingerprint density at radius 3 is 2.33 bits per heavy atom. The number of carbonyl (C=O) groups excluding carboxylic acids is 1. The van der Waals surface area contributed by atoms with Crippen molar-refractivity contribution in [3.63, 3.8) is 0 Å². The average molecular weight is 445 g/mol. The summed E-state index contributed by atoms with van der Waals surface area (Å²) in [6, 6.07) is 16.9. The molecule has 1 aliphatic carbocycles. The molecule has 6 heteroatoms. The topological polar surface area (TPSA) is 49.3 Å². The Balaban J connectivity index is 1.51. The Labute approximate surface area is 194 Å². The summed E-state index contributed by atoms with van der Waals surface area (Å²) in [5, 5.41) is 0. The average Bonchev–Trinajstić information content (AvgIpc) is 3.71. The zero-order valence-corrected chi connectivity index (χ0v) is 19.0. The number of halogens is 1. The summed E-state index contributed by atoms with van der Waals surface area (Å²) in [5.74, 6) is 1.88. The molecule has 0 unspecified atom stereocenters. The molecule has 3 aromatic rings. The highest BCUT2D eigenvalue weighted by Gasteiger charge is 2.35. The monoisotopic (exact) mass is 444 g/mol. The predicted octanol–water partition coefficient (Wildman–Crippen LogP) is 4.49. The van der Waals surface area contributed by atoms with Crippen LogP contribution in [0.4, 0.5) is 10.2 Å². The molecule has 1 amide bonds. The van der Waals surface area contributed by atoms with Gasteiger partial charge in [-0.1, -0.05) is 55.5 Å². The highest BCUT2D eigenvalue weighted by molar-refractivity contribution is 5.81. The number of anilines is 1. The normalized spacial score (nSPS) is 16.2. The lowest BCUT2D eigenvalue weighted by Gasteiger charge is -2.37. The molecule has 2 heterocycles. The Bertz CT molecular complexity index is 1140. The smallest absolute Gasteiger partial charge is 0.225 e. The van der Waals surface area contributed by atoms with Crippen LogP contribution < -0.4 is 4.90 Å². The molecule has 1 aromatic heterocycles. The van der Waals surface area contributed by atoms with E-state index in [1.54, 1.807) is 6.07 Å². The number of nitrogens with zero attached hydrogens (tertiary/aromatic N) is 4. The van der Waals surface area contributed by atoms with E-state index in [9.17, 15) is 9.18 Å². The lowest BCUT2D eigenvalue weighted by atomic mass is 10.0. The Morgan fingerprint density at radius 1 is 0.970 bits per heavy atom. The summed E-state index contributed by atoms with van der Waals surface area (Å²) in [7, 11) is 0. The van der Waals surface area contributed by atoms with Gasteiger partial charge < -0.3 is 9.80 Å². The molecule has 0 atom stereocenters. The summed E-state index contributed by atoms with van der Waals surface area (Å²) in [5.41, 5.74) is 3.53. The number of hydrogen-bond acceptors (Lipinski definition) is 4. The second-order valence-electron chi connectivity index (χ2n) is 8.87. The standard InChI is InChI=1S/C27H29FN4O/c1-2-24-22(18-21-10-6-7-11-23(21)28)26(30-25(29-24)19-8-4-3-5-9-19)31-14-16-32(17-15-31)27(33)20-12-13-20/h3-11,20H,2,12-18H2,1H3. The zero-order valence-electron chi connectivity index (χ0n) is 19.0. The minimum Gasteiger partial charge on any atom is -0.353 e. The van der Waals surface area contributed by atoms with Crippen molar-refractivity contribution >= 4 is 11.7 Å². The molecule has 1 aliphatic heterocycles. The number of piperazine rings is 1. The van der Waals surface area contributed by atoms with Crippen LogP contribution in [-0.4, -0.2) is 47.0 Å². The number of benzene rings is 2. The van der Waals surface area contributed by atoms with E-state index in [-0.39, 0.29) is 11.7 Å². The summed E-state index contributed by atoms with van der Waals surface area (Å²) < 4.78 is 14.6. The molecule has 2 aliphatic rings. The van der Waals surface area contributed by atoms with E-state index in [1.807, 2.05) is 47.4 Å². The Hall–Kier alpha value is -3.28. The third-order valence-electron chi connectivity index (χ3n) is 6.58. The number of aromatic nitrogens is 2. The first kappa shape index (κ1) is 21.6. The third-order valence-corrected chi connectivity index (χ3v) is 6.58. The van der Waals surface area contributed by atoms with Gasteiger partial charge >= 0.3 is 0 Å². The van der Waals surface area contributed by atoms with E-state index in [4.69, 9.17) is 9.97 Å². The van der Waals surface area contributed by atoms with Gasteiger partial charge in [0.25, 0.3) is 0 Å². The minimum absolute atomic E-state index is 0.211. The van der Waals surface area contributed by atoms with E-state index in [2.05, 4.69) is 11.8 Å². The Morgan fingerprint density at radius 2 is 1.67 bits per heavy atom. The molecule has 5 nitrogen and oxygen atoms in total. The van der Waals surface area contributed by atoms with E-state index < -0.39 is 0 Å². The number of rotatable bonds is 6. The van der Waals surface area contributed by atoms with Gasteiger partial charge in [-0.3, -0.25) is 4.79 Å². The summed E-state index contributed by atoms with van der Waals surface area (Å²) in [6.07, 6.45) is 3.23. The van der Waals surface area contributed by atoms with Gasteiger partial charge in [0.05, 0.1) is 0 Å². The molecule has 2 fully saturated rings. The lowest BCUT2D eigenvalue weighted by Crippen LogP contribution is -2.49. The lowest BCUT2D eigenvalue weighted by molar-refractivity contribution is -0.132. The van der Waals surface area contributed by atoms with Gasteiger partial charge in [0.15, 0.2) is 5.82 Å². The fourth-order valence-corrected chi connectivity index (χ4v) is 4.53. The van der Waals surface area contributed by atoms with Crippen molar-refractivity contribution in [2.45, 2.75) is 32.6 Å². The van der Waals surface area contributed by atoms with Gasteiger partial charge in [-0.2, -0.15) is 0 Å². The van der Waals surface area contributed by atoms with Gasteiger partial charge in [0.1, 0.15) is 11.6 Å². The maximum Gasteiger partial charge on any atom is 0.225 e. The van der Waals surface area contributed by atoms with Crippen LogP contribution in [0.5, 0.6) is 0 Å². The number of carbonyl (C=O) groups is 1. The first-order valence-corrected chi connectivity index (χ1v) is 11.9. The van der Waals surface area contributed by atoms with Crippen molar-refractivity contribution < 1.29 is 9.18 Å². The van der Waals surface area contributed by atoms with Crippen LogP contribution in [0, 0.1) is 11.7 Å². The predicted molar refractivity (Wildman–Crippen MR) is 128 cm³/mol. The molecular formula is C27H29FN4O. The largest absolute Gasteiger partial charge is 0.353 e. The van der Waals surface area contributed by atoms with Crippen LogP contribution in [0.2, 0.25) is 0 Å². The molecule has 5 rings (SSSR count). The maximum atomic E-state index is 14.6. The molecule has 1 saturated heterocycles. The van der Waals surface area contributed by atoms with Crippen molar-refractivity contribution in [1.82, 2.24) is 14.9 Å². The fourth-order valence-electron chi connectivity index (χ4n) is 4.53. The molecular weight excluding hydrogens is 415 g/mol. The quantitative estimate of drug-likeness (QED) is 0.562. The summed E-state index contributed by atoms with van der Waals surface area (Å²) in [4.78, 5) is 26.7. The van der Waals surface area contributed by atoms with Crippen molar-refractivity contribution in [3.8, 4) is 11.4 Å². The van der Waals surface area contributed by atoms with Gasteiger partial charge in [0.2, 0.25) is 5.91 Å². The molecule has 33 heavy (non-hydrogen) atoms. The number of hydrogen-bond donors (Lipinski definition) is 0. The summed E-state index contributed by atoms with van der Waals surface area (Å²) >= 11 is 0. The first-order chi connectivity index (χ1) is 16.1. The van der Waals surface area contributed by atoms with Crippen LogP contribution in [0.15, 0.2) is 54.6 Å². The van der Waals surface area contributed by atoms with Crippen molar-refractivity contribution in [2.75, 3.05) is 31.1 Å². The van der Waals surface area contributed by atoms with Crippen molar-refractivity contribution in [1.29, 1.82) is 0 Å². The fraction of sp³-hybridized carbons (Fsp3) is 0.370. The highest BCUT2D eigenvalue weighted by atomic mass is 19.1. The summed E-state index contributed by atoms with van der Waals surface area (Å²) in [6.45, 7) is 4.91. The Kier molecular flexibility index (Phi) is 6.07. The zero-order chi connectivity index (χ0) is 22.8. The van der Waals surface area contributed by atoms with E-state index in [0.717, 1.165) is 55.0 Å². The van der Waals surface area contributed by atoms with Crippen LogP contribution in [0.25, 0.3) is 11.4 Å². The second kappa shape index (κ2) is 9.30. The van der Waals surface area contributed by atoms with Crippen LogP contribution >= 0.6 is 0 Å². The number of aryl methyl sites for hydroxylation is 1. The molecule has 0 radical (unpaired) electrons. The van der Waals surface area contributed by atoms with Gasteiger partial charge in [-0.15, -0.1) is 0 Å². The molecule has 1 saturated carbocycles. The van der Waals surface area contributed by atoms with Crippen LogP contribution in [-0.2, 0) is 17.6 Å². The van der Waals surface area contributed by atoms with Gasteiger partial charge in [-0.05, 0) is 30.9 Å². The van der Waals surface area contributed by atoms with Crippen LogP contribution in [0.1, 0.15) is 36.6 Å². The SMILES string of the molecule is CCc1nc(-c2ccccc2)nc(N2CCN(C(=O)C3CC3)CC2)c1Cc1ccccc1F. The minimum atomic E-state index is -0.211. The molecule has 0 N–H and O–H groups in total. The first-order valence-electron chi connectivity index (χ1n) is 11.9. The third kappa shape index (κ3) is 4.61. The van der Waals surface area contributed by atoms with Crippen molar-refractivity contribution in [3.05, 3.63) is 77.2 Å². The van der Waals surface area contributed by atoms with E-state index >= 15 is 0 Å². The second-order valence-corrected chi connectivity index (χ2v) is 8.87. The molecule has 2 aromatic carbocycles. The maximum absolute atomic E-state index is 14.6. The van der Waals surface area contributed by atoms with Crippen LogP contribution in [0.3, 0.4) is 0 Å². The van der Waals surface area contributed by atoms with Gasteiger partial charge in [0, 0.05) is 55.3 Å². The molecule has 0 bridgehead atoms. The van der Waals surface area contributed by atoms with Gasteiger partial charge in [-0.25, -0.2) is 14.4 Å². The molecule has 0 spiro atoms. The van der Waals surface area contributed by atoms with E-state index in [1.165, 1.54) is 6.07 Å². The van der Waals surface area contributed by atoms with Crippen molar-refractivity contribution in [2.24, 2.45) is 5.92 Å². The highest BCUT2D eigenvalue weighted by Crippen LogP contribution is 2.33. The molecule has 170 valence electrons.